The summed E-state index contributed by atoms with van der Waals surface area (Å²) in [5.74, 6) is 0.588. The van der Waals surface area contributed by atoms with Gasteiger partial charge in [0, 0.05) is 0 Å². The maximum Gasteiger partial charge on any atom is 0.157 e. The lowest BCUT2D eigenvalue weighted by Crippen LogP contribution is -1.91. The van der Waals surface area contributed by atoms with E-state index in [4.69, 9.17) is 5.11 Å². The van der Waals surface area contributed by atoms with Crippen LogP contribution in [0.25, 0.3) is 0 Å². The Bertz CT molecular complexity index is 279. The van der Waals surface area contributed by atoms with Gasteiger partial charge in [-0.2, -0.15) is 0 Å². The first-order chi connectivity index (χ1) is 6.09. The minimum absolute atomic E-state index is 0.0266. The SMILES string of the molecule is CC(C)CCc1ccc(O)c(O)c1. The van der Waals surface area contributed by atoms with Gasteiger partial charge in [0.25, 0.3) is 0 Å². The summed E-state index contributed by atoms with van der Waals surface area (Å²) in [6, 6.07) is 5.00. The average Bonchev–Trinajstić information content (AvgIpc) is 2.07. The summed E-state index contributed by atoms with van der Waals surface area (Å²) in [5, 5.41) is 18.3. The molecule has 1 aromatic rings. The second-order valence-electron chi connectivity index (χ2n) is 3.76. The van der Waals surface area contributed by atoms with Gasteiger partial charge in [-0.05, 0) is 36.5 Å². The fraction of sp³-hybridized carbons (Fsp3) is 0.455. The van der Waals surface area contributed by atoms with E-state index in [-0.39, 0.29) is 11.5 Å². The lowest BCUT2D eigenvalue weighted by Gasteiger charge is -2.05. The van der Waals surface area contributed by atoms with Gasteiger partial charge in [-0.1, -0.05) is 19.9 Å². The van der Waals surface area contributed by atoms with Gasteiger partial charge in [0.2, 0.25) is 0 Å². The number of aromatic hydroxyl groups is 2. The van der Waals surface area contributed by atoms with Gasteiger partial charge in [-0.15, -0.1) is 0 Å². The van der Waals surface area contributed by atoms with Crippen LogP contribution in [0.2, 0.25) is 0 Å². The van der Waals surface area contributed by atoms with Crippen molar-refractivity contribution in [2.75, 3.05) is 0 Å². The van der Waals surface area contributed by atoms with Gasteiger partial charge in [0.15, 0.2) is 11.5 Å². The van der Waals surface area contributed by atoms with Crippen molar-refractivity contribution in [3.05, 3.63) is 23.8 Å². The molecule has 2 heteroatoms. The number of rotatable bonds is 3. The predicted octanol–water partition coefficient (Wildman–Crippen LogP) is 2.69. The molecule has 2 nitrogen and oxygen atoms in total. The molecule has 0 radical (unpaired) electrons. The van der Waals surface area contributed by atoms with E-state index in [0.29, 0.717) is 5.92 Å². The van der Waals surface area contributed by atoms with Crippen LogP contribution in [-0.2, 0) is 6.42 Å². The van der Waals surface area contributed by atoms with Crippen molar-refractivity contribution in [3.8, 4) is 11.5 Å². The first-order valence-corrected chi connectivity index (χ1v) is 4.60. The molecular formula is C11H16O2. The molecule has 0 amide bonds. The Hall–Kier alpha value is -1.18. The van der Waals surface area contributed by atoms with Crippen molar-refractivity contribution in [2.24, 2.45) is 5.92 Å². The van der Waals surface area contributed by atoms with Crippen LogP contribution in [0.5, 0.6) is 11.5 Å². The Morgan fingerprint density at radius 3 is 2.38 bits per heavy atom. The fourth-order valence-electron chi connectivity index (χ4n) is 1.18. The molecule has 0 heterocycles. The molecule has 0 saturated carbocycles. The Labute approximate surface area is 78.8 Å². The quantitative estimate of drug-likeness (QED) is 0.702. The van der Waals surface area contributed by atoms with Crippen molar-refractivity contribution in [3.63, 3.8) is 0 Å². The van der Waals surface area contributed by atoms with Crippen LogP contribution in [-0.4, -0.2) is 10.2 Å². The molecule has 13 heavy (non-hydrogen) atoms. The number of hydrogen-bond acceptors (Lipinski definition) is 2. The van der Waals surface area contributed by atoms with Gasteiger partial charge in [0.05, 0.1) is 0 Å². The molecule has 0 spiro atoms. The van der Waals surface area contributed by atoms with Gasteiger partial charge in [0.1, 0.15) is 0 Å². The first kappa shape index (κ1) is 9.90. The average molecular weight is 180 g/mol. The molecule has 72 valence electrons. The molecule has 0 saturated heterocycles. The van der Waals surface area contributed by atoms with E-state index < -0.39 is 0 Å². The number of hydrogen-bond donors (Lipinski definition) is 2. The van der Waals surface area contributed by atoms with Gasteiger partial charge in [-0.25, -0.2) is 0 Å². The van der Waals surface area contributed by atoms with Crippen LogP contribution in [0.1, 0.15) is 25.8 Å². The molecule has 0 aliphatic rings. The van der Waals surface area contributed by atoms with E-state index in [1.807, 2.05) is 6.07 Å². The molecule has 0 unspecified atom stereocenters. The summed E-state index contributed by atoms with van der Waals surface area (Å²) in [7, 11) is 0. The molecule has 1 aromatic carbocycles. The van der Waals surface area contributed by atoms with E-state index in [2.05, 4.69) is 13.8 Å². The van der Waals surface area contributed by atoms with E-state index in [1.54, 1.807) is 6.07 Å². The fourth-order valence-corrected chi connectivity index (χ4v) is 1.18. The third-order valence-electron chi connectivity index (χ3n) is 2.05. The molecule has 2 N–H and O–H groups in total. The van der Waals surface area contributed by atoms with E-state index in [9.17, 15) is 5.11 Å². The van der Waals surface area contributed by atoms with Crippen LogP contribution >= 0.6 is 0 Å². The molecule has 0 bridgehead atoms. The van der Waals surface area contributed by atoms with Gasteiger partial charge in [-0.3, -0.25) is 0 Å². The van der Waals surface area contributed by atoms with Crippen molar-refractivity contribution in [1.29, 1.82) is 0 Å². The van der Waals surface area contributed by atoms with E-state index in [1.165, 1.54) is 6.07 Å². The monoisotopic (exact) mass is 180 g/mol. The Balaban J connectivity index is 2.63. The second-order valence-corrected chi connectivity index (χ2v) is 3.76. The van der Waals surface area contributed by atoms with Crippen molar-refractivity contribution < 1.29 is 10.2 Å². The smallest absolute Gasteiger partial charge is 0.157 e. The number of benzene rings is 1. The maximum atomic E-state index is 9.22. The van der Waals surface area contributed by atoms with Crippen LogP contribution in [0, 0.1) is 5.92 Å². The zero-order chi connectivity index (χ0) is 9.84. The summed E-state index contributed by atoms with van der Waals surface area (Å²) in [6.07, 6.45) is 2.05. The summed E-state index contributed by atoms with van der Waals surface area (Å²) in [6.45, 7) is 4.33. The van der Waals surface area contributed by atoms with Gasteiger partial charge < -0.3 is 10.2 Å². The van der Waals surface area contributed by atoms with Gasteiger partial charge >= 0.3 is 0 Å². The maximum absolute atomic E-state index is 9.22. The lowest BCUT2D eigenvalue weighted by atomic mass is 10.0. The first-order valence-electron chi connectivity index (χ1n) is 4.60. The predicted molar refractivity (Wildman–Crippen MR) is 52.9 cm³/mol. The Kier molecular flexibility index (Phi) is 3.18. The molecule has 0 atom stereocenters. The number of phenolic OH excluding ortho intramolecular Hbond substituents is 2. The third kappa shape index (κ3) is 2.98. The summed E-state index contributed by atoms with van der Waals surface area (Å²) >= 11 is 0. The standard InChI is InChI=1S/C11H16O2/c1-8(2)3-4-9-5-6-10(12)11(13)7-9/h5-8,12-13H,3-4H2,1-2H3. The Morgan fingerprint density at radius 2 is 1.85 bits per heavy atom. The topological polar surface area (TPSA) is 40.5 Å². The molecular weight excluding hydrogens is 164 g/mol. The largest absolute Gasteiger partial charge is 0.504 e. The molecule has 0 aliphatic carbocycles. The van der Waals surface area contributed by atoms with Crippen LogP contribution in [0.4, 0.5) is 0 Å². The summed E-state index contributed by atoms with van der Waals surface area (Å²) < 4.78 is 0. The number of aryl methyl sites for hydroxylation is 1. The highest BCUT2D eigenvalue weighted by Crippen LogP contribution is 2.25. The third-order valence-corrected chi connectivity index (χ3v) is 2.05. The summed E-state index contributed by atoms with van der Waals surface area (Å²) in [4.78, 5) is 0. The second kappa shape index (κ2) is 4.17. The van der Waals surface area contributed by atoms with Crippen molar-refractivity contribution in [2.45, 2.75) is 26.7 Å². The molecule has 0 aromatic heterocycles. The minimum atomic E-state index is -0.0479. The normalized spacial score (nSPS) is 10.7. The van der Waals surface area contributed by atoms with Crippen LogP contribution in [0.15, 0.2) is 18.2 Å². The van der Waals surface area contributed by atoms with Crippen molar-refractivity contribution in [1.82, 2.24) is 0 Å². The van der Waals surface area contributed by atoms with Crippen LogP contribution < -0.4 is 0 Å². The zero-order valence-corrected chi connectivity index (χ0v) is 8.12. The molecule has 1 rings (SSSR count). The number of phenols is 2. The zero-order valence-electron chi connectivity index (χ0n) is 8.12. The highest BCUT2D eigenvalue weighted by Gasteiger charge is 2.01. The van der Waals surface area contributed by atoms with Crippen molar-refractivity contribution >= 4 is 0 Å². The molecule has 0 aliphatic heterocycles. The Morgan fingerprint density at radius 1 is 1.15 bits per heavy atom. The summed E-state index contributed by atoms with van der Waals surface area (Å²) in [5.41, 5.74) is 1.07. The van der Waals surface area contributed by atoms with E-state index >= 15 is 0 Å². The molecule has 0 fully saturated rings. The van der Waals surface area contributed by atoms with Crippen LogP contribution in [0.3, 0.4) is 0 Å². The highest BCUT2D eigenvalue weighted by atomic mass is 16.3. The lowest BCUT2D eigenvalue weighted by molar-refractivity contribution is 0.403. The highest BCUT2D eigenvalue weighted by molar-refractivity contribution is 5.40. The van der Waals surface area contributed by atoms with E-state index in [0.717, 1.165) is 18.4 Å². The minimum Gasteiger partial charge on any atom is -0.504 e.